The summed E-state index contributed by atoms with van der Waals surface area (Å²) in [6, 6.07) is 10.8. The summed E-state index contributed by atoms with van der Waals surface area (Å²) in [5.41, 5.74) is 2.62. The second kappa shape index (κ2) is 6.52. The number of benzene rings is 1. The summed E-state index contributed by atoms with van der Waals surface area (Å²) in [6.07, 6.45) is 5.25. The average Bonchev–Trinajstić information content (AvgIpc) is 3.32. The number of imidazole rings is 1. The van der Waals surface area contributed by atoms with Crippen LogP contribution in [0.1, 0.15) is 24.6 Å². The first kappa shape index (κ1) is 16.1. The van der Waals surface area contributed by atoms with E-state index in [2.05, 4.69) is 68.0 Å². The van der Waals surface area contributed by atoms with Gasteiger partial charge in [-0.05, 0) is 12.0 Å². The molecule has 0 amide bonds. The van der Waals surface area contributed by atoms with Crippen molar-refractivity contribution in [1.29, 1.82) is 0 Å². The van der Waals surface area contributed by atoms with Gasteiger partial charge >= 0.3 is 0 Å². The maximum Gasteiger partial charge on any atom is 0.193 e. The highest BCUT2D eigenvalue weighted by atomic mass is 32.1. The van der Waals surface area contributed by atoms with Crippen LogP contribution in [0.3, 0.4) is 0 Å². The summed E-state index contributed by atoms with van der Waals surface area (Å²) in [7, 11) is 1.85. The first-order chi connectivity index (χ1) is 12.2. The molecule has 25 heavy (non-hydrogen) atoms. The number of aliphatic imine (C=N–C) groups is 1. The lowest BCUT2D eigenvalue weighted by atomic mass is 9.82. The van der Waals surface area contributed by atoms with Crippen LogP contribution in [0.25, 0.3) is 4.96 Å². The summed E-state index contributed by atoms with van der Waals surface area (Å²) in [6.45, 7) is 5.04. The third-order valence-corrected chi connectivity index (χ3v) is 5.80. The number of hydrogen-bond donors (Lipinski definition) is 1. The van der Waals surface area contributed by atoms with Crippen LogP contribution in [0.5, 0.6) is 0 Å². The van der Waals surface area contributed by atoms with E-state index in [4.69, 9.17) is 0 Å². The molecule has 1 aliphatic rings. The summed E-state index contributed by atoms with van der Waals surface area (Å²) in [5.74, 6) is 0.955. The number of guanidine groups is 1. The van der Waals surface area contributed by atoms with Crippen molar-refractivity contribution >= 4 is 22.3 Å². The summed E-state index contributed by atoms with van der Waals surface area (Å²) < 4.78 is 2.06. The Morgan fingerprint density at radius 1 is 1.36 bits per heavy atom. The maximum atomic E-state index is 4.63. The lowest BCUT2D eigenvalue weighted by molar-refractivity contribution is 0.438. The van der Waals surface area contributed by atoms with Crippen LogP contribution in [0.2, 0.25) is 0 Å². The third kappa shape index (κ3) is 3.14. The Kier molecular flexibility index (Phi) is 4.21. The molecule has 1 aliphatic heterocycles. The molecule has 1 saturated heterocycles. The minimum Gasteiger partial charge on any atom is -0.351 e. The molecule has 0 spiro atoms. The molecule has 6 heteroatoms. The number of hydrogen-bond acceptors (Lipinski definition) is 3. The topological polar surface area (TPSA) is 44.9 Å². The van der Waals surface area contributed by atoms with Crippen LogP contribution in [-0.4, -0.2) is 40.4 Å². The quantitative estimate of drug-likeness (QED) is 0.581. The molecule has 1 N–H and O–H groups in total. The van der Waals surface area contributed by atoms with Crippen molar-refractivity contribution in [2.24, 2.45) is 4.99 Å². The van der Waals surface area contributed by atoms with Crippen molar-refractivity contribution in [2.75, 3.05) is 20.1 Å². The Hall–Kier alpha value is -2.34. The van der Waals surface area contributed by atoms with E-state index < -0.39 is 0 Å². The van der Waals surface area contributed by atoms with Crippen molar-refractivity contribution < 1.29 is 0 Å². The van der Waals surface area contributed by atoms with Gasteiger partial charge < -0.3 is 10.2 Å². The first-order valence-electron chi connectivity index (χ1n) is 8.60. The van der Waals surface area contributed by atoms with Crippen LogP contribution in [0.4, 0.5) is 0 Å². The fourth-order valence-corrected chi connectivity index (χ4v) is 4.30. The molecule has 0 radical (unpaired) electrons. The maximum absolute atomic E-state index is 4.63. The molecule has 1 unspecified atom stereocenters. The SMILES string of the molecule is CN=C(NCc1cn2ccsc2n1)N1CCC(C)(c2ccccc2)C1. The van der Waals surface area contributed by atoms with E-state index in [0.717, 1.165) is 36.1 Å². The van der Waals surface area contributed by atoms with Crippen molar-refractivity contribution in [2.45, 2.75) is 25.3 Å². The molecule has 1 fully saturated rings. The Balaban J connectivity index is 1.42. The highest BCUT2D eigenvalue weighted by Gasteiger charge is 2.36. The molecular formula is C19H23N5S. The lowest BCUT2D eigenvalue weighted by Gasteiger charge is -2.27. The molecular weight excluding hydrogens is 330 g/mol. The Morgan fingerprint density at radius 2 is 2.20 bits per heavy atom. The smallest absolute Gasteiger partial charge is 0.193 e. The van der Waals surface area contributed by atoms with Crippen molar-refractivity contribution in [3.05, 3.63) is 59.4 Å². The van der Waals surface area contributed by atoms with Gasteiger partial charge in [-0.1, -0.05) is 37.3 Å². The second-order valence-corrected chi connectivity index (χ2v) is 7.70. The van der Waals surface area contributed by atoms with Crippen molar-refractivity contribution in [3.8, 4) is 0 Å². The molecule has 0 bridgehead atoms. The minimum absolute atomic E-state index is 0.176. The number of thiazole rings is 1. The van der Waals surface area contributed by atoms with Gasteiger partial charge in [-0.15, -0.1) is 11.3 Å². The molecule has 0 aliphatic carbocycles. The molecule has 130 valence electrons. The molecule has 2 aromatic heterocycles. The highest BCUT2D eigenvalue weighted by Crippen LogP contribution is 2.33. The Bertz CT molecular complexity index is 853. The number of rotatable bonds is 3. The van der Waals surface area contributed by atoms with Crippen LogP contribution in [0.15, 0.2) is 53.1 Å². The van der Waals surface area contributed by atoms with Crippen LogP contribution >= 0.6 is 11.3 Å². The first-order valence-corrected chi connectivity index (χ1v) is 9.48. The molecule has 4 rings (SSSR count). The van der Waals surface area contributed by atoms with E-state index in [1.165, 1.54) is 5.56 Å². The predicted octanol–water partition coefficient (Wildman–Crippen LogP) is 3.13. The van der Waals surface area contributed by atoms with Crippen molar-refractivity contribution in [1.82, 2.24) is 19.6 Å². The zero-order valence-corrected chi connectivity index (χ0v) is 15.5. The predicted molar refractivity (Wildman–Crippen MR) is 103 cm³/mol. The minimum atomic E-state index is 0.176. The van der Waals surface area contributed by atoms with Gasteiger partial charge in [-0.3, -0.25) is 9.39 Å². The van der Waals surface area contributed by atoms with Crippen molar-refractivity contribution in [3.63, 3.8) is 0 Å². The van der Waals surface area contributed by atoms with Gasteiger partial charge in [-0.25, -0.2) is 4.98 Å². The Labute approximate surface area is 152 Å². The zero-order chi connectivity index (χ0) is 17.3. The van der Waals surface area contributed by atoms with Crippen LogP contribution in [0, 0.1) is 0 Å². The van der Waals surface area contributed by atoms with Crippen LogP contribution in [-0.2, 0) is 12.0 Å². The normalized spacial score (nSPS) is 21.2. The van der Waals surface area contributed by atoms with E-state index in [9.17, 15) is 0 Å². The van der Waals surface area contributed by atoms with Gasteiger partial charge in [0.15, 0.2) is 10.9 Å². The Morgan fingerprint density at radius 3 is 2.96 bits per heavy atom. The molecule has 3 aromatic rings. The monoisotopic (exact) mass is 353 g/mol. The summed E-state index contributed by atoms with van der Waals surface area (Å²) in [4.78, 5) is 12.5. The lowest BCUT2D eigenvalue weighted by Crippen LogP contribution is -2.41. The molecule has 1 aromatic carbocycles. The fraction of sp³-hybridized carbons (Fsp3) is 0.368. The molecule has 1 atom stereocenters. The van der Waals surface area contributed by atoms with Gasteiger partial charge in [0.25, 0.3) is 0 Å². The number of nitrogens with one attached hydrogen (secondary N) is 1. The summed E-state index contributed by atoms with van der Waals surface area (Å²) >= 11 is 1.65. The van der Waals surface area contributed by atoms with Crippen LogP contribution < -0.4 is 5.32 Å². The van der Waals surface area contributed by atoms with E-state index in [0.29, 0.717) is 6.54 Å². The average molecular weight is 353 g/mol. The standard InChI is InChI=1S/C19H23N5S/c1-19(15-6-4-3-5-7-15)8-9-24(14-19)17(20-2)21-12-16-13-23-10-11-25-18(23)22-16/h3-7,10-11,13H,8-9,12,14H2,1-2H3,(H,20,21). The van der Waals surface area contributed by atoms with Gasteiger partial charge in [0.1, 0.15) is 0 Å². The van der Waals surface area contributed by atoms with E-state index in [-0.39, 0.29) is 5.41 Å². The van der Waals surface area contributed by atoms with E-state index in [1.54, 1.807) is 11.3 Å². The number of nitrogens with zero attached hydrogens (tertiary/aromatic N) is 4. The third-order valence-electron chi connectivity index (χ3n) is 5.03. The number of aromatic nitrogens is 2. The zero-order valence-electron chi connectivity index (χ0n) is 14.6. The second-order valence-electron chi connectivity index (χ2n) is 6.82. The van der Waals surface area contributed by atoms with E-state index in [1.807, 2.05) is 18.6 Å². The fourth-order valence-electron chi connectivity index (χ4n) is 3.58. The molecule has 0 saturated carbocycles. The van der Waals surface area contributed by atoms with Gasteiger partial charge in [0, 0.05) is 43.3 Å². The molecule has 5 nitrogen and oxygen atoms in total. The van der Waals surface area contributed by atoms with Gasteiger partial charge in [0.2, 0.25) is 0 Å². The largest absolute Gasteiger partial charge is 0.351 e. The van der Waals surface area contributed by atoms with E-state index >= 15 is 0 Å². The summed E-state index contributed by atoms with van der Waals surface area (Å²) in [5, 5.41) is 5.52. The number of likely N-dealkylation sites (tertiary alicyclic amines) is 1. The van der Waals surface area contributed by atoms with Gasteiger partial charge in [-0.2, -0.15) is 0 Å². The highest BCUT2D eigenvalue weighted by molar-refractivity contribution is 7.15. The molecule has 3 heterocycles. The van der Waals surface area contributed by atoms with Gasteiger partial charge in [0.05, 0.1) is 12.2 Å². The number of fused-ring (bicyclic) bond motifs is 1.